The van der Waals surface area contributed by atoms with E-state index in [2.05, 4.69) is 22.9 Å². The number of aromatic nitrogens is 1. The number of rotatable bonds is 4. The van der Waals surface area contributed by atoms with Gasteiger partial charge in [0, 0.05) is 35.5 Å². The van der Waals surface area contributed by atoms with Crippen LogP contribution in [-0.4, -0.2) is 17.4 Å². The lowest BCUT2D eigenvalue weighted by molar-refractivity contribution is -0.120. The molecule has 1 amide bonds. The van der Waals surface area contributed by atoms with E-state index in [0.29, 0.717) is 6.54 Å². The van der Waals surface area contributed by atoms with E-state index in [9.17, 15) is 4.79 Å². The number of amides is 1. The first-order valence-electron chi connectivity index (χ1n) is 10.4. The van der Waals surface area contributed by atoms with E-state index >= 15 is 0 Å². The fraction of sp³-hybridized carbons (Fsp3) is 0.111. The van der Waals surface area contributed by atoms with Gasteiger partial charge in [-0.25, -0.2) is 0 Å². The maximum atomic E-state index is 14.1. The molecular weight excluding hydrogens is 382 g/mol. The first kappa shape index (κ1) is 19.2. The summed E-state index contributed by atoms with van der Waals surface area (Å²) in [5, 5.41) is 4.59. The highest BCUT2D eigenvalue weighted by Crippen LogP contribution is 2.39. The third-order valence-electron chi connectivity index (χ3n) is 5.86. The summed E-state index contributed by atoms with van der Waals surface area (Å²) in [7, 11) is 0. The fourth-order valence-corrected chi connectivity index (χ4v) is 4.40. The minimum atomic E-state index is -0.383. The molecule has 0 spiro atoms. The highest BCUT2D eigenvalue weighted by atomic mass is 16.2. The van der Waals surface area contributed by atoms with Gasteiger partial charge in [-0.15, -0.1) is 0 Å². The Labute approximate surface area is 181 Å². The molecule has 0 saturated carbocycles. The second kappa shape index (κ2) is 8.17. The van der Waals surface area contributed by atoms with Crippen LogP contribution in [0.25, 0.3) is 10.9 Å². The molecule has 1 fully saturated rings. The number of nitrogens with zero attached hydrogens (tertiary/aromatic N) is 2. The molecule has 0 aliphatic carbocycles. The number of benzene rings is 3. The quantitative estimate of drug-likeness (QED) is 0.461. The predicted octanol–water partition coefficient (Wildman–Crippen LogP) is 5.42. The molecule has 1 aromatic heterocycles. The molecule has 2 atom stereocenters. The van der Waals surface area contributed by atoms with Crippen LogP contribution in [0.2, 0.25) is 0 Å². The van der Waals surface area contributed by atoms with Gasteiger partial charge >= 0.3 is 0 Å². The number of pyridine rings is 1. The standard InChI is InChI=1S/C27H23N3O/c1-19-18-29-26(23-16-17-28-24-15-9-8-14-22(23)24)25(19)27(31)30(20-10-4-2-5-11-20)21-12-6-3-7-13-21/h2-17,25-26,29H,1,18H2/t25-,26+/m1/s1. The summed E-state index contributed by atoms with van der Waals surface area (Å²) in [6, 6.07) is 29.5. The Hall–Kier alpha value is -3.76. The predicted molar refractivity (Wildman–Crippen MR) is 125 cm³/mol. The Morgan fingerprint density at radius 3 is 2.16 bits per heavy atom. The van der Waals surface area contributed by atoms with E-state index < -0.39 is 0 Å². The zero-order chi connectivity index (χ0) is 21.2. The Balaban J connectivity index is 1.60. The molecule has 1 saturated heterocycles. The van der Waals surface area contributed by atoms with Crippen molar-refractivity contribution in [2.45, 2.75) is 6.04 Å². The molecule has 0 bridgehead atoms. The van der Waals surface area contributed by atoms with Crippen molar-refractivity contribution in [2.75, 3.05) is 11.4 Å². The summed E-state index contributed by atoms with van der Waals surface area (Å²) >= 11 is 0. The molecule has 0 radical (unpaired) electrons. The first-order valence-corrected chi connectivity index (χ1v) is 10.4. The molecule has 2 heterocycles. The average Bonchev–Trinajstić information content (AvgIpc) is 3.21. The van der Waals surface area contributed by atoms with Crippen LogP contribution in [0, 0.1) is 5.92 Å². The van der Waals surface area contributed by atoms with Crippen LogP contribution in [0.1, 0.15) is 11.6 Å². The molecule has 0 unspecified atom stereocenters. The topological polar surface area (TPSA) is 45.2 Å². The van der Waals surface area contributed by atoms with Gasteiger partial charge in [0.25, 0.3) is 0 Å². The van der Waals surface area contributed by atoms with Gasteiger partial charge in [-0.05, 0) is 47.5 Å². The van der Waals surface area contributed by atoms with Gasteiger partial charge in [0.2, 0.25) is 5.91 Å². The summed E-state index contributed by atoms with van der Waals surface area (Å²) in [4.78, 5) is 20.4. The molecule has 5 rings (SSSR count). The number of nitrogens with one attached hydrogen (secondary N) is 1. The minimum absolute atomic E-state index is 0.0123. The number of hydrogen-bond acceptors (Lipinski definition) is 3. The molecule has 4 aromatic rings. The minimum Gasteiger partial charge on any atom is -0.305 e. The highest BCUT2D eigenvalue weighted by Gasteiger charge is 2.40. The molecular formula is C27H23N3O. The third kappa shape index (κ3) is 3.51. The molecule has 3 aromatic carbocycles. The number of para-hydroxylation sites is 3. The Morgan fingerprint density at radius 2 is 1.48 bits per heavy atom. The summed E-state index contributed by atoms with van der Waals surface area (Å²) in [6.07, 6.45) is 1.81. The molecule has 152 valence electrons. The third-order valence-corrected chi connectivity index (χ3v) is 5.86. The van der Waals surface area contributed by atoms with Gasteiger partial charge in [0.05, 0.1) is 11.4 Å². The zero-order valence-corrected chi connectivity index (χ0v) is 17.1. The normalized spacial score (nSPS) is 18.3. The second-order valence-corrected chi connectivity index (χ2v) is 7.76. The van der Waals surface area contributed by atoms with Crippen molar-refractivity contribution >= 4 is 28.2 Å². The Bertz CT molecular complexity index is 1190. The lowest BCUT2D eigenvalue weighted by Crippen LogP contribution is -2.36. The van der Waals surface area contributed by atoms with Gasteiger partial charge in [-0.3, -0.25) is 14.7 Å². The van der Waals surface area contributed by atoms with Crippen molar-refractivity contribution in [3.8, 4) is 0 Å². The molecule has 1 aliphatic rings. The Morgan fingerprint density at radius 1 is 0.871 bits per heavy atom. The van der Waals surface area contributed by atoms with Crippen molar-refractivity contribution in [1.82, 2.24) is 10.3 Å². The average molecular weight is 406 g/mol. The SMILES string of the molecule is C=C1CN[C@@H](c2ccnc3ccccc23)[C@@H]1C(=O)N(c1ccccc1)c1ccccc1. The summed E-state index contributed by atoms with van der Waals surface area (Å²) < 4.78 is 0. The fourth-order valence-electron chi connectivity index (χ4n) is 4.40. The molecule has 1 N–H and O–H groups in total. The highest BCUT2D eigenvalue weighted by molar-refractivity contribution is 6.04. The van der Waals surface area contributed by atoms with Crippen molar-refractivity contribution in [3.63, 3.8) is 0 Å². The molecule has 4 nitrogen and oxygen atoms in total. The Kier molecular flexibility index (Phi) is 5.06. The van der Waals surface area contributed by atoms with Crippen molar-refractivity contribution < 1.29 is 4.79 Å². The van der Waals surface area contributed by atoms with Crippen LogP contribution in [-0.2, 0) is 4.79 Å². The summed E-state index contributed by atoms with van der Waals surface area (Å²) in [6.45, 7) is 4.86. The number of anilines is 2. The molecule has 4 heteroatoms. The number of carbonyl (C=O) groups excluding carboxylic acids is 1. The van der Waals surface area contributed by atoms with Crippen LogP contribution in [0.5, 0.6) is 0 Å². The van der Waals surface area contributed by atoms with Crippen LogP contribution in [0.4, 0.5) is 11.4 Å². The van der Waals surface area contributed by atoms with Crippen molar-refractivity contribution in [2.24, 2.45) is 5.92 Å². The number of carbonyl (C=O) groups is 1. The summed E-state index contributed by atoms with van der Waals surface area (Å²) in [5.41, 5.74) is 4.58. The van der Waals surface area contributed by atoms with E-state index in [1.54, 1.807) is 4.90 Å². The van der Waals surface area contributed by atoms with Gasteiger partial charge in [-0.2, -0.15) is 0 Å². The lowest BCUT2D eigenvalue weighted by Gasteiger charge is -2.29. The van der Waals surface area contributed by atoms with Crippen LogP contribution >= 0.6 is 0 Å². The maximum absolute atomic E-state index is 14.1. The van der Waals surface area contributed by atoms with Gasteiger partial charge in [0.1, 0.15) is 0 Å². The number of hydrogen-bond donors (Lipinski definition) is 1. The van der Waals surface area contributed by atoms with Crippen molar-refractivity contribution in [3.05, 3.63) is 115 Å². The van der Waals surface area contributed by atoms with E-state index in [1.807, 2.05) is 91.1 Å². The molecule has 1 aliphatic heterocycles. The maximum Gasteiger partial charge on any atom is 0.240 e. The van der Waals surface area contributed by atoms with Crippen LogP contribution in [0.3, 0.4) is 0 Å². The van der Waals surface area contributed by atoms with E-state index in [0.717, 1.165) is 33.4 Å². The van der Waals surface area contributed by atoms with E-state index in [4.69, 9.17) is 0 Å². The van der Waals surface area contributed by atoms with Crippen molar-refractivity contribution in [1.29, 1.82) is 0 Å². The number of fused-ring (bicyclic) bond motifs is 1. The second-order valence-electron chi connectivity index (χ2n) is 7.76. The largest absolute Gasteiger partial charge is 0.305 e. The lowest BCUT2D eigenvalue weighted by atomic mass is 9.88. The smallest absolute Gasteiger partial charge is 0.240 e. The van der Waals surface area contributed by atoms with Gasteiger partial charge < -0.3 is 5.32 Å². The first-order chi connectivity index (χ1) is 15.2. The van der Waals surface area contributed by atoms with E-state index in [-0.39, 0.29) is 17.9 Å². The molecule has 31 heavy (non-hydrogen) atoms. The van der Waals surface area contributed by atoms with Gasteiger partial charge in [-0.1, -0.05) is 61.2 Å². The van der Waals surface area contributed by atoms with Crippen LogP contribution < -0.4 is 10.2 Å². The van der Waals surface area contributed by atoms with Gasteiger partial charge in [0.15, 0.2) is 0 Å². The van der Waals surface area contributed by atoms with E-state index in [1.165, 1.54) is 0 Å². The van der Waals surface area contributed by atoms with Crippen LogP contribution in [0.15, 0.2) is 109 Å². The zero-order valence-electron chi connectivity index (χ0n) is 17.1. The monoisotopic (exact) mass is 405 g/mol. The summed E-state index contributed by atoms with van der Waals surface area (Å²) in [5.74, 6) is -0.371.